The van der Waals surface area contributed by atoms with Crippen LogP contribution in [0.4, 0.5) is 0 Å². The summed E-state index contributed by atoms with van der Waals surface area (Å²) in [5.74, 6) is 0. The highest BCUT2D eigenvalue weighted by Crippen LogP contribution is 2.21. The number of fused-ring (bicyclic) bond motifs is 1. The Kier molecular flexibility index (Phi) is 1.78. The van der Waals surface area contributed by atoms with Crippen molar-refractivity contribution in [1.29, 1.82) is 0 Å². The first-order valence-corrected chi connectivity index (χ1v) is 4.78. The minimum absolute atomic E-state index is 0.775. The van der Waals surface area contributed by atoms with E-state index in [1.54, 1.807) is 6.20 Å². The predicted octanol–water partition coefficient (Wildman–Crippen LogP) is 2.54. The van der Waals surface area contributed by atoms with E-state index < -0.39 is 0 Å². The molecule has 4 nitrogen and oxygen atoms in total. The van der Waals surface area contributed by atoms with Crippen molar-refractivity contribution in [3.8, 4) is 0 Å². The van der Waals surface area contributed by atoms with Gasteiger partial charge in [0.1, 0.15) is 0 Å². The van der Waals surface area contributed by atoms with Gasteiger partial charge in [-0.05, 0) is 16.9 Å². The van der Waals surface area contributed by atoms with E-state index in [2.05, 4.69) is 32.9 Å². The first-order chi connectivity index (χ1) is 7.43. The molecular formula is C11H9N4. The van der Waals surface area contributed by atoms with Crippen LogP contribution in [0.5, 0.6) is 0 Å². The van der Waals surface area contributed by atoms with Crippen molar-refractivity contribution >= 4 is 10.9 Å². The van der Waals surface area contributed by atoms with Gasteiger partial charge in [0.05, 0.1) is 11.9 Å². The maximum absolute atomic E-state index is 3.92. The number of allylic oxidation sites excluding steroid dienone is 1. The van der Waals surface area contributed by atoms with Gasteiger partial charge in [-0.2, -0.15) is 0 Å². The molecule has 2 heterocycles. The lowest BCUT2D eigenvalue weighted by Crippen LogP contribution is -1.84. The van der Waals surface area contributed by atoms with Crippen LogP contribution in [0.3, 0.4) is 0 Å². The molecule has 15 heavy (non-hydrogen) atoms. The quantitative estimate of drug-likeness (QED) is 0.769. The third-order valence-corrected chi connectivity index (χ3v) is 2.48. The third-order valence-electron chi connectivity index (χ3n) is 2.48. The number of para-hydroxylation sites is 1. The van der Waals surface area contributed by atoms with Crippen LogP contribution in [0, 0.1) is 0 Å². The SMILES string of the molecule is C1=C(Cc2c[nH]c3ccccc23)N=N[N]1. The number of aromatic amines is 1. The lowest BCUT2D eigenvalue weighted by molar-refractivity contribution is 0.900. The van der Waals surface area contributed by atoms with Gasteiger partial charge in [0.25, 0.3) is 0 Å². The van der Waals surface area contributed by atoms with Crippen molar-refractivity contribution in [3.05, 3.63) is 47.9 Å². The van der Waals surface area contributed by atoms with Crippen LogP contribution in [0.25, 0.3) is 10.9 Å². The Morgan fingerprint density at radius 2 is 2.13 bits per heavy atom. The monoisotopic (exact) mass is 197 g/mol. The zero-order chi connectivity index (χ0) is 10.1. The number of aromatic nitrogens is 1. The summed E-state index contributed by atoms with van der Waals surface area (Å²) in [6.07, 6.45) is 4.48. The molecular weight excluding hydrogens is 188 g/mol. The van der Waals surface area contributed by atoms with Gasteiger partial charge in [-0.25, -0.2) is 0 Å². The number of rotatable bonds is 2. The molecule has 0 unspecified atom stereocenters. The minimum Gasteiger partial charge on any atom is -0.361 e. The lowest BCUT2D eigenvalue weighted by Gasteiger charge is -1.95. The lowest BCUT2D eigenvalue weighted by atomic mass is 10.1. The Morgan fingerprint density at radius 3 is 3.00 bits per heavy atom. The molecule has 73 valence electrons. The summed E-state index contributed by atoms with van der Waals surface area (Å²) in [6, 6.07) is 8.22. The molecule has 0 aliphatic carbocycles. The van der Waals surface area contributed by atoms with Crippen LogP contribution < -0.4 is 5.43 Å². The average Bonchev–Trinajstić information content (AvgIpc) is 2.89. The van der Waals surface area contributed by atoms with Crippen LogP contribution in [-0.4, -0.2) is 4.98 Å². The van der Waals surface area contributed by atoms with Gasteiger partial charge < -0.3 is 4.98 Å². The normalized spacial score (nSPS) is 14.3. The Labute approximate surface area is 86.7 Å². The Morgan fingerprint density at radius 1 is 1.20 bits per heavy atom. The smallest absolute Gasteiger partial charge is 0.0894 e. The van der Waals surface area contributed by atoms with Crippen molar-refractivity contribution < 1.29 is 0 Å². The number of nitrogens with zero attached hydrogens (tertiary/aromatic N) is 3. The molecule has 0 atom stereocenters. The first-order valence-electron chi connectivity index (χ1n) is 4.78. The van der Waals surface area contributed by atoms with Crippen molar-refractivity contribution in [1.82, 2.24) is 10.4 Å². The zero-order valence-corrected chi connectivity index (χ0v) is 8.01. The van der Waals surface area contributed by atoms with E-state index in [-0.39, 0.29) is 0 Å². The molecule has 0 bridgehead atoms. The van der Waals surface area contributed by atoms with E-state index in [1.807, 2.05) is 18.3 Å². The minimum atomic E-state index is 0.775. The predicted molar refractivity (Wildman–Crippen MR) is 57.1 cm³/mol. The van der Waals surface area contributed by atoms with E-state index in [0.717, 1.165) is 17.6 Å². The van der Waals surface area contributed by atoms with E-state index >= 15 is 0 Å². The van der Waals surface area contributed by atoms with Crippen molar-refractivity contribution in [2.75, 3.05) is 0 Å². The highest BCUT2D eigenvalue weighted by molar-refractivity contribution is 5.83. The molecule has 1 N–H and O–H groups in total. The van der Waals surface area contributed by atoms with Crippen LogP contribution in [0.1, 0.15) is 5.56 Å². The number of benzene rings is 1. The van der Waals surface area contributed by atoms with Crippen LogP contribution >= 0.6 is 0 Å². The van der Waals surface area contributed by atoms with Gasteiger partial charge in [-0.15, -0.1) is 10.5 Å². The first kappa shape index (κ1) is 8.23. The molecule has 3 rings (SSSR count). The van der Waals surface area contributed by atoms with E-state index in [0.29, 0.717) is 0 Å². The molecule has 1 aromatic heterocycles. The molecule has 0 spiro atoms. The van der Waals surface area contributed by atoms with E-state index in [9.17, 15) is 0 Å². The highest BCUT2D eigenvalue weighted by atomic mass is 15.4. The van der Waals surface area contributed by atoms with Crippen molar-refractivity contribution in [3.63, 3.8) is 0 Å². The summed E-state index contributed by atoms with van der Waals surface area (Å²) in [5, 5.41) is 8.73. The summed E-state index contributed by atoms with van der Waals surface area (Å²) in [7, 11) is 0. The summed E-state index contributed by atoms with van der Waals surface area (Å²) in [6.45, 7) is 0. The topological polar surface area (TPSA) is 54.6 Å². The molecule has 0 fully saturated rings. The molecule has 1 aliphatic rings. The van der Waals surface area contributed by atoms with Crippen LogP contribution in [0.2, 0.25) is 0 Å². The van der Waals surface area contributed by atoms with Crippen molar-refractivity contribution in [2.45, 2.75) is 6.42 Å². The number of nitrogens with one attached hydrogen (secondary N) is 1. The second kappa shape index (κ2) is 3.24. The Bertz CT molecular complexity index is 550. The molecule has 0 saturated heterocycles. The summed E-state index contributed by atoms with van der Waals surface area (Å²) >= 11 is 0. The molecule has 1 radical (unpaired) electrons. The maximum atomic E-state index is 3.92. The molecule has 1 aromatic carbocycles. The van der Waals surface area contributed by atoms with Crippen LogP contribution in [-0.2, 0) is 6.42 Å². The van der Waals surface area contributed by atoms with Crippen LogP contribution in [0.15, 0.2) is 52.7 Å². The summed E-state index contributed by atoms with van der Waals surface area (Å²) in [4.78, 5) is 3.23. The standard InChI is InChI=1S/C11H9N4/c1-2-4-11-10(3-1)8(6-12-11)5-9-7-13-15-14-9/h1-4,6-7,12H,5H2. The van der Waals surface area contributed by atoms with E-state index in [1.165, 1.54) is 10.9 Å². The number of hydrogen-bond acceptors (Lipinski definition) is 2. The number of hydrogen-bond donors (Lipinski definition) is 1. The van der Waals surface area contributed by atoms with E-state index in [4.69, 9.17) is 0 Å². The highest BCUT2D eigenvalue weighted by Gasteiger charge is 2.07. The van der Waals surface area contributed by atoms with Gasteiger partial charge in [0.15, 0.2) is 0 Å². The fourth-order valence-corrected chi connectivity index (χ4v) is 1.76. The zero-order valence-electron chi connectivity index (χ0n) is 8.01. The summed E-state index contributed by atoms with van der Waals surface area (Å²) < 4.78 is 0. The van der Waals surface area contributed by atoms with Gasteiger partial charge in [0.2, 0.25) is 0 Å². The van der Waals surface area contributed by atoms with Gasteiger partial charge >= 0.3 is 0 Å². The average molecular weight is 197 g/mol. The maximum Gasteiger partial charge on any atom is 0.0894 e. The Hall–Kier alpha value is -2.10. The molecule has 0 amide bonds. The third kappa shape index (κ3) is 1.40. The second-order valence-electron chi connectivity index (χ2n) is 3.46. The molecule has 2 aromatic rings. The van der Waals surface area contributed by atoms with Gasteiger partial charge in [-0.1, -0.05) is 18.2 Å². The Balaban J connectivity index is 2.00. The molecule has 0 saturated carbocycles. The molecule has 4 heteroatoms. The second-order valence-corrected chi connectivity index (χ2v) is 3.46. The largest absolute Gasteiger partial charge is 0.361 e. The number of H-pyrrole nitrogens is 1. The summed E-state index contributed by atoms with van der Waals surface area (Å²) in [5.41, 5.74) is 7.00. The van der Waals surface area contributed by atoms with Gasteiger partial charge in [0, 0.05) is 23.5 Å². The van der Waals surface area contributed by atoms with Gasteiger partial charge in [-0.3, -0.25) is 0 Å². The fraction of sp³-hybridized carbons (Fsp3) is 0.0909. The fourth-order valence-electron chi connectivity index (χ4n) is 1.76. The van der Waals surface area contributed by atoms with Crippen molar-refractivity contribution in [2.24, 2.45) is 10.3 Å². The molecule has 1 aliphatic heterocycles.